The Bertz CT molecular complexity index is 369. The monoisotopic (exact) mass is 251 g/mol. The highest BCUT2D eigenvalue weighted by Gasteiger charge is 2.38. The molecule has 1 atom stereocenters. The molecule has 1 aliphatic heterocycles. The summed E-state index contributed by atoms with van der Waals surface area (Å²) in [6.45, 7) is 8.05. The minimum Gasteiger partial charge on any atom is -0.307 e. The average molecular weight is 252 g/mol. The molecule has 1 saturated heterocycles. The van der Waals surface area contributed by atoms with Gasteiger partial charge in [0.05, 0.1) is 0 Å². The highest BCUT2D eigenvalue weighted by molar-refractivity contribution is 6.30. The van der Waals surface area contributed by atoms with Crippen molar-refractivity contribution in [3.8, 4) is 0 Å². The van der Waals surface area contributed by atoms with Crippen LogP contribution in [0.15, 0.2) is 24.3 Å². The van der Waals surface area contributed by atoms with Gasteiger partial charge in [-0.3, -0.25) is 0 Å². The molecule has 1 N–H and O–H groups in total. The van der Waals surface area contributed by atoms with Crippen LogP contribution in [0.4, 0.5) is 0 Å². The fourth-order valence-corrected chi connectivity index (χ4v) is 3.11. The molecule has 94 valence electrons. The summed E-state index contributed by atoms with van der Waals surface area (Å²) in [4.78, 5) is 0. The van der Waals surface area contributed by atoms with E-state index in [9.17, 15) is 0 Å². The molecule has 1 heterocycles. The van der Waals surface area contributed by atoms with Gasteiger partial charge in [0.15, 0.2) is 0 Å². The Balaban J connectivity index is 2.31. The number of halogens is 1. The van der Waals surface area contributed by atoms with Gasteiger partial charge in [0.2, 0.25) is 0 Å². The second-order valence-corrected chi connectivity index (χ2v) is 6.79. The van der Waals surface area contributed by atoms with E-state index in [1.165, 1.54) is 24.8 Å². The predicted molar refractivity (Wildman–Crippen MR) is 74.4 cm³/mol. The zero-order valence-electron chi connectivity index (χ0n) is 11.0. The van der Waals surface area contributed by atoms with Gasteiger partial charge in [-0.25, -0.2) is 0 Å². The normalized spacial score (nSPS) is 25.2. The summed E-state index contributed by atoms with van der Waals surface area (Å²) in [5.74, 6) is 0. The van der Waals surface area contributed by atoms with Crippen LogP contribution in [0.1, 0.15) is 45.6 Å². The van der Waals surface area contributed by atoms with Gasteiger partial charge in [0.1, 0.15) is 0 Å². The van der Waals surface area contributed by atoms with E-state index in [2.05, 4.69) is 38.2 Å². The molecule has 0 radical (unpaired) electrons. The molecule has 1 aromatic carbocycles. The van der Waals surface area contributed by atoms with E-state index in [-0.39, 0.29) is 5.54 Å². The van der Waals surface area contributed by atoms with E-state index in [0.29, 0.717) is 5.41 Å². The van der Waals surface area contributed by atoms with Gasteiger partial charge in [-0.2, -0.15) is 0 Å². The van der Waals surface area contributed by atoms with E-state index in [1.807, 2.05) is 12.1 Å². The van der Waals surface area contributed by atoms with Crippen LogP contribution in [0.5, 0.6) is 0 Å². The smallest absolute Gasteiger partial charge is 0.0440 e. The molecule has 1 aromatic rings. The van der Waals surface area contributed by atoms with Gasteiger partial charge < -0.3 is 5.32 Å². The maximum Gasteiger partial charge on any atom is 0.0440 e. The van der Waals surface area contributed by atoms with Crippen LogP contribution in [0.25, 0.3) is 0 Å². The first-order valence-corrected chi connectivity index (χ1v) is 6.80. The first kappa shape index (κ1) is 12.9. The highest BCUT2D eigenvalue weighted by atomic mass is 35.5. The Labute approximate surface area is 110 Å². The highest BCUT2D eigenvalue weighted by Crippen LogP contribution is 2.40. The van der Waals surface area contributed by atoms with Crippen LogP contribution in [0, 0.1) is 5.41 Å². The van der Waals surface area contributed by atoms with Gasteiger partial charge in [-0.05, 0) is 48.9 Å². The summed E-state index contributed by atoms with van der Waals surface area (Å²) < 4.78 is 0. The van der Waals surface area contributed by atoms with E-state index >= 15 is 0 Å². The van der Waals surface area contributed by atoms with Crippen LogP contribution in [0.3, 0.4) is 0 Å². The number of hydrogen-bond donors (Lipinski definition) is 1. The SMILES string of the molecule is CC(C)(C)CC1(c2ccc(Cl)cc2)CCCN1. The van der Waals surface area contributed by atoms with Gasteiger partial charge in [-0.15, -0.1) is 0 Å². The summed E-state index contributed by atoms with van der Waals surface area (Å²) in [6, 6.07) is 8.35. The van der Waals surface area contributed by atoms with Crippen LogP contribution in [-0.2, 0) is 5.54 Å². The van der Waals surface area contributed by atoms with Crippen LogP contribution < -0.4 is 5.32 Å². The molecule has 0 amide bonds. The molecule has 2 rings (SSSR count). The third-order valence-corrected chi connectivity index (χ3v) is 3.72. The number of rotatable bonds is 2. The van der Waals surface area contributed by atoms with Crippen molar-refractivity contribution in [1.29, 1.82) is 0 Å². The van der Waals surface area contributed by atoms with E-state index < -0.39 is 0 Å². The molecule has 0 saturated carbocycles. The summed E-state index contributed by atoms with van der Waals surface area (Å²) >= 11 is 5.98. The number of nitrogens with one attached hydrogen (secondary N) is 1. The van der Waals surface area contributed by atoms with Crippen molar-refractivity contribution in [2.24, 2.45) is 5.41 Å². The Morgan fingerprint density at radius 3 is 2.35 bits per heavy atom. The lowest BCUT2D eigenvalue weighted by molar-refractivity contribution is 0.232. The van der Waals surface area contributed by atoms with Crippen molar-refractivity contribution in [3.05, 3.63) is 34.9 Å². The fraction of sp³-hybridized carbons (Fsp3) is 0.600. The molecule has 2 heteroatoms. The van der Waals surface area contributed by atoms with Crippen molar-refractivity contribution < 1.29 is 0 Å². The topological polar surface area (TPSA) is 12.0 Å². The van der Waals surface area contributed by atoms with E-state index in [1.54, 1.807) is 0 Å². The lowest BCUT2D eigenvalue weighted by Crippen LogP contribution is -2.40. The van der Waals surface area contributed by atoms with Crippen molar-refractivity contribution >= 4 is 11.6 Å². The molecule has 1 aliphatic rings. The minimum atomic E-state index is 0.156. The Morgan fingerprint density at radius 1 is 1.24 bits per heavy atom. The van der Waals surface area contributed by atoms with Gasteiger partial charge in [0.25, 0.3) is 0 Å². The standard InChI is InChI=1S/C15H22ClN/c1-14(2,3)11-15(9-4-10-17-15)12-5-7-13(16)8-6-12/h5-8,17H,4,9-11H2,1-3H3. The molecule has 0 aromatic heterocycles. The molecular formula is C15H22ClN. The second kappa shape index (κ2) is 4.62. The molecular weight excluding hydrogens is 230 g/mol. The minimum absolute atomic E-state index is 0.156. The fourth-order valence-electron chi connectivity index (χ4n) is 2.98. The molecule has 0 bridgehead atoms. The Kier molecular flexibility index (Phi) is 3.51. The maximum absolute atomic E-state index is 5.98. The van der Waals surface area contributed by atoms with E-state index in [4.69, 9.17) is 11.6 Å². The van der Waals surface area contributed by atoms with E-state index in [0.717, 1.165) is 11.6 Å². The molecule has 1 fully saturated rings. The van der Waals surface area contributed by atoms with Crippen molar-refractivity contribution in [3.63, 3.8) is 0 Å². The summed E-state index contributed by atoms with van der Waals surface area (Å²) in [5, 5.41) is 4.54. The molecule has 1 unspecified atom stereocenters. The molecule has 17 heavy (non-hydrogen) atoms. The van der Waals surface area contributed by atoms with Crippen LogP contribution >= 0.6 is 11.6 Å². The first-order chi connectivity index (χ1) is 7.91. The first-order valence-electron chi connectivity index (χ1n) is 6.42. The predicted octanol–water partition coefficient (Wildman–Crippen LogP) is 4.35. The third-order valence-electron chi connectivity index (χ3n) is 3.47. The van der Waals surface area contributed by atoms with Crippen LogP contribution in [0.2, 0.25) is 5.02 Å². The van der Waals surface area contributed by atoms with Gasteiger partial charge >= 0.3 is 0 Å². The third kappa shape index (κ3) is 3.02. The average Bonchev–Trinajstić information content (AvgIpc) is 2.65. The summed E-state index contributed by atoms with van der Waals surface area (Å²) in [6.07, 6.45) is 3.66. The van der Waals surface area contributed by atoms with Crippen molar-refractivity contribution in [2.45, 2.75) is 45.6 Å². The summed E-state index contributed by atoms with van der Waals surface area (Å²) in [5.41, 5.74) is 1.87. The Hall–Kier alpha value is -0.530. The lowest BCUT2D eigenvalue weighted by Gasteiger charge is -2.36. The molecule has 0 aliphatic carbocycles. The zero-order chi connectivity index (χ0) is 12.5. The van der Waals surface area contributed by atoms with Crippen molar-refractivity contribution in [2.75, 3.05) is 6.54 Å². The largest absolute Gasteiger partial charge is 0.307 e. The second-order valence-electron chi connectivity index (χ2n) is 6.36. The van der Waals surface area contributed by atoms with Gasteiger partial charge in [0, 0.05) is 10.6 Å². The van der Waals surface area contributed by atoms with Crippen molar-refractivity contribution in [1.82, 2.24) is 5.32 Å². The Morgan fingerprint density at radius 2 is 1.88 bits per heavy atom. The summed E-state index contributed by atoms with van der Waals surface area (Å²) in [7, 11) is 0. The van der Waals surface area contributed by atoms with Crippen LogP contribution in [-0.4, -0.2) is 6.54 Å². The maximum atomic E-state index is 5.98. The quantitative estimate of drug-likeness (QED) is 0.824. The zero-order valence-corrected chi connectivity index (χ0v) is 11.8. The number of benzene rings is 1. The molecule has 0 spiro atoms. The lowest BCUT2D eigenvalue weighted by atomic mass is 9.75. The molecule has 1 nitrogen and oxygen atoms in total. The number of hydrogen-bond acceptors (Lipinski definition) is 1. The van der Waals surface area contributed by atoms with Gasteiger partial charge in [-0.1, -0.05) is 44.5 Å².